The molecule has 8 heteroatoms. The Morgan fingerprint density at radius 3 is 0.783 bits per heavy atom. The Kier molecular flexibility index (Phi) is 14.1. The van der Waals surface area contributed by atoms with E-state index in [-0.39, 0.29) is 14.0 Å². The molecule has 6 aromatic carbocycles. The largest absolute Gasteiger partial charge is 0.196 e. The van der Waals surface area contributed by atoms with Crippen LogP contribution < -0.4 is 21.2 Å². The second-order valence-corrected chi connectivity index (χ2v) is 35.1. The summed E-state index contributed by atoms with van der Waals surface area (Å²) < 4.78 is 12.2. The third-order valence-electron chi connectivity index (χ3n) is 13.9. The van der Waals surface area contributed by atoms with Gasteiger partial charge in [0.1, 0.15) is 0 Å². The molecule has 2 aliphatic rings. The Morgan fingerprint density at radius 1 is 0.350 bits per heavy atom. The van der Waals surface area contributed by atoms with Gasteiger partial charge in [-0.15, -0.1) is 10.4 Å². The summed E-state index contributed by atoms with van der Waals surface area (Å²) >= 11 is 0. The Balaban J connectivity index is 0.000000181. The molecule has 2 heterocycles. The molecule has 8 rings (SSSR count). The lowest BCUT2D eigenvalue weighted by Crippen LogP contribution is -2.18. The number of rotatable bonds is 10. The first-order valence-corrected chi connectivity index (χ1v) is 30.4. The highest BCUT2D eigenvalue weighted by molar-refractivity contribution is 8.13. The molecule has 0 bridgehead atoms. The van der Waals surface area contributed by atoms with Crippen LogP contribution in [0.3, 0.4) is 0 Å². The van der Waals surface area contributed by atoms with E-state index < -0.39 is 28.7 Å². The van der Waals surface area contributed by atoms with Crippen LogP contribution in [-0.4, -0.2) is 36.6 Å². The summed E-state index contributed by atoms with van der Waals surface area (Å²) in [4.78, 5) is 0. The normalized spacial score (nSPS) is 18.7. The van der Waals surface area contributed by atoms with Crippen LogP contribution in [0.15, 0.2) is 201 Å². The molecule has 0 saturated heterocycles. The van der Waals surface area contributed by atoms with Crippen LogP contribution in [-0.2, 0) is 0 Å². The van der Waals surface area contributed by atoms with Gasteiger partial charge in [-0.25, -0.2) is 0 Å². The minimum absolute atomic E-state index is 0.347. The van der Waals surface area contributed by atoms with E-state index in [0.29, 0.717) is 22.6 Å². The molecule has 2 nitrogen and oxygen atoms in total. The predicted molar refractivity (Wildman–Crippen MR) is 283 cm³/mol. The summed E-state index contributed by atoms with van der Waals surface area (Å²) in [5.74, 6) is 0. The second kappa shape index (κ2) is 19.1. The summed E-state index contributed by atoms with van der Waals surface area (Å²) in [5, 5.41) is 9.02. The molecule has 0 unspecified atom stereocenters. The summed E-state index contributed by atoms with van der Waals surface area (Å²) in [6.45, 7) is 18.7. The summed E-state index contributed by atoms with van der Waals surface area (Å²) in [7, 11) is -6.74. The molecule has 0 N–H and O–H groups in total. The Labute approximate surface area is 364 Å². The third-order valence-corrected chi connectivity index (χ3v) is 37.5. The van der Waals surface area contributed by atoms with Gasteiger partial charge in [-0.1, -0.05) is 194 Å². The van der Waals surface area contributed by atoms with E-state index in [1.807, 2.05) is 0 Å². The van der Waals surface area contributed by atoms with Crippen molar-refractivity contribution in [3.05, 3.63) is 204 Å². The fourth-order valence-electron chi connectivity index (χ4n) is 10.3. The molecular weight excluding hydrogens is 798 g/mol. The van der Waals surface area contributed by atoms with E-state index >= 15 is 0 Å². The summed E-state index contributed by atoms with van der Waals surface area (Å²) in [6, 6.07) is 66.5. The zero-order valence-electron chi connectivity index (χ0n) is 37.5. The molecule has 60 heavy (non-hydrogen) atoms. The highest BCUT2D eigenvalue weighted by Gasteiger charge is 2.51. The lowest BCUT2D eigenvalue weighted by Gasteiger charge is -2.33. The van der Waals surface area contributed by atoms with E-state index in [0.717, 1.165) is 0 Å². The smallest absolute Gasteiger partial charge is 0.188 e. The number of benzene rings is 6. The lowest BCUT2D eigenvalue weighted by atomic mass is 10.0. The fourth-order valence-corrected chi connectivity index (χ4v) is 37.4. The van der Waals surface area contributed by atoms with Gasteiger partial charge in [-0.3, -0.25) is 0 Å². The maximum absolute atomic E-state index is 6.08. The average molecular weight is 863 g/mol. The lowest BCUT2D eigenvalue weighted by molar-refractivity contribution is 0.999. The van der Waals surface area contributed by atoms with Gasteiger partial charge in [0.25, 0.3) is 0 Å². The standard InChI is InChI=1S/2C26H32BNP2/c2*1-21(2)30(22(3)4)27-26(20-23-14-8-5-9-15-23)29(28-30,24-16-10-6-11-17-24)25-18-12-7-13-19-25/h2*5-22H,27H2,1-4H3/b2*26-20+. The molecule has 0 atom stereocenters. The van der Waals surface area contributed by atoms with Gasteiger partial charge >= 0.3 is 0 Å². The van der Waals surface area contributed by atoms with Crippen molar-refractivity contribution in [3.8, 4) is 0 Å². The first-order valence-electron chi connectivity index (χ1n) is 22.3. The zero-order valence-corrected chi connectivity index (χ0v) is 41.0. The average Bonchev–Trinajstić information content (AvgIpc) is 3.83. The van der Waals surface area contributed by atoms with E-state index in [9.17, 15) is 0 Å². The fraction of sp³-hybridized carbons (Fsp3) is 0.231. The van der Waals surface area contributed by atoms with Crippen LogP contribution in [0.5, 0.6) is 0 Å². The SMILES string of the molecule is CC(C)[P+]1(C(C)C)[BH2-]/C(=C\c2ccccc2)P(c2ccccc2)(c2ccccc2)=N1.CC(C)[P+]1(C(C)C)[BH2-]/C(=C\c2ccccc2)P(c2ccccc2)(c2ccccc2)=N1. The van der Waals surface area contributed by atoms with Gasteiger partial charge < -0.3 is 0 Å². The minimum Gasteiger partial charge on any atom is -0.188 e. The van der Waals surface area contributed by atoms with Crippen molar-refractivity contribution < 1.29 is 0 Å². The van der Waals surface area contributed by atoms with Crippen LogP contribution >= 0.6 is 28.7 Å². The van der Waals surface area contributed by atoms with E-state index in [1.54, 1.807) is 10.4 Å². The quantitative estimate of drug-likeness (QED) is 0.0968. The Hall–Kier alpha value is -3.75. The molecule has 0 amide bonds. The van der Waals surface area contributed by atoms with Crippen LogP contribution in [0.2, 0.25) is 0 Å². The van der Waals surface area contributed by atoms with E-state index in [4.69, 9.17) is 9.03 Å². The number of hydrogen-bond donors (Lipinski definition) is 0. The zero-order chi connectivity index (χ0) is 42.4. The highest BCUT2D eigenvalue weighted by Crippen LogP contribution is 2.83. The van der Waals surface area contributed by atoms with E-state index in [2.05, 4.69) is 250 Å². The second-order valence-electron chi connectivity index (χ2n) is 18.2. The van der Waals surface area contributed by atoms with Crippen molar-refractivity contribution >= 4 is 76.1 Å². The van der Waals surface area contributed by atoms with Gasteiger partial charge in [-0.2, -0.15) is 9.03 Å². The van der Waals surface area contributed by atoms with Crippen molar-refractivity contribution in [3.63, 3.8) is 0 Å². The van der Waals surface area contributed by atoms with Crippen molar-refractivity contribution in [2.24, 2.45) is 9.03 Å². The first kappa shape index (κ1) is 44.3. The molecule has 308 valence electrons. The molecule has 0 fully saturated rings. The van der Waals surface area contributed by atoms with E-state index in [1.165, 1.54) is 32.3 Å². The maximum Gasteiger partial charge on any atom is 0.196 e. The predicted octanol–water partition coefficient (Wildman–Crippen LogP) is 13.4. The molecule has 0 spiro atoms. The van der Waals surface area contributed by atoms with Gasteiger partial charge in [0, 0.05) is 43.9 Å². The summed E-state index contributed by atoms with van der Waals surface area (Å²) in [6.07, 6.45) is 5.04. The molecule has 0 aliphatic carbocycles. The molecule has 2 aliphatic heterocycles. The third kappa shape index (κ3) is 8.54. The minimum atomic E-state index is -1.97. The topological polar surface area (TPSA) is 24.7 Å². The van der Waals surface area contributed by atoms with Gasteiger partial charge in [0.15, 0.2) is 14.0 Å². The molecule has 6 aromatic rings. The van der Waals surface area contributed by atoms with Gasteiger partial charge in [0.2, 0.25) is 0 Å². The van der Waals surface area contributed by atoms with Crippen molar-refractivity contribution in [2.45, 2.75) is 78.0 Å². The molecular formula is C52H64B2N2P4. The van der Waals surface area contributed by atoms with Gasteiger partial charge in [-0.05, 0) is 81.1 Å². The summed E-state index contributed by atoms with van der Waals surface area (Å²) in [5.41, 5.74) is 5.21. The Morgan fingerprint density at radius 2 is 0.567 bits per heavy atom. The highest BCUT2D eigenvalue weighted by atomic mass is 31.2. The maximum atomic E-state index is 6.08. The Bertz CT molecular complexity index is 2220. The monoisotopic (exact) mass is 862 g/mol. The van der Waals surface area contributed by atoms with Crippen LogP contribution in [0, 0.1) is 0 Å². The van der Waals surface area contributed by atoms with Crippen LogP contribution in [0.1, 0.15) is 66.5 Å². The van der Waals surface area contributed by atoms with Gasteiger partial charge in [0.05, 0.1) is 14.1 Å². The van der Waals surface area contributed by atoms with Crippen molar-refractivity contribution in [2.75, 3.05) is 0 Å². The van der Waals surface area contributed by atoms with Crippen LogP contribution in [0.25, 0.3) is 12.2 Å². The first-order chi connectivity index (χ1) is 29.0. The van der Waals surface area contributed by atoms with Crippen molar-refractivity contribution in [1.82, 2.24) is 0 Å². The number of hydrogen-bond acceptors (Lipinski definition) is 2. The molecule has 0 aromatic heterocycles. The number of nitrogens with zero attached hydrogens (tertiary/aromatic N) is 2. The van der Waals surface area contributed by atoms with Crippen molar-refractivity contribution in [1.29, 1.82) is 0 Å². The molecule has 0 radical (unpaired) electrons. The van der Waals surface area contributed by atoms with Crippen LogP contribution in [0.4, 0.5) is 0 Å². The molecule has 0 saturated carbocycles.